The lowest BCUT2D eigenvalue weighted by molar-refractivity contribution is -0.163. The molecule has 0 saturated carbocycles. The van der Waals surface area contributed by atoms with Crippen LogP contribution in [0.15, 0.2) is 24.3 Å². The summed E-state index contributed by atoms with van der Waals surface area (Å²) >= 11 is 0. The second-order valence-electron chi connectivity index (χ2n) is 17.6. The van der Waals surface area contributed by atoms with Crippen LogP contribution in [-0.2, 0) is 49.5 Å². The fraction of sp³-hybridized carbons (Fsp3) is 0.682. The molecule has 2 aliphatic heterocycles. The van der Waals surface area contributed by atoms with Crippen molar-refractivity contribution in [1.82, 2.24) is 41.9 Å². The van der Waals surface area contributed by atoms with Crippen molar-refractivity contribution >= 4 is 47.8 Å². The predicted octanol–water partition coefficient (Wildman–Crippen LogP) is 0.325. The Labute approximate surface area is 370 Å². The molecule has 19 heteroatoms. The number of β-amino-alcohol motifs (C(OH)–C–C–N with tert-alkyl or cyclic N) is 1. The molecular formula is C44H70N8O11. The zero-order valence-electron chi connectivity index (χ0n) is 38.6. The minimum atomic E-state index is -1.65. The molecule has 3 rings (SSSR count). The van der Waals surface area contributed by atoms with Crippen molar-refractivity contribution in [2.75, 3.05) is 20.7 Å². The van der Waals surface area contributed by atoms with Gasteiger partial charge in [-0.1, -0.05) is 80.4 Å². The van der Waals surface area contributed by atoms with Crippen molar-refractivity contribution in [1.29, 1.82) is 0 Å². The summed E-state index contributed by atoms with van der Waals surface area (Å²) in [6.45, 7) is 15.5. The molecule has 63 heavy (non-hydrogen) atoms. The van der Waals surface area contributed by atoms with E-state index >= 15 is 0 Å². The molecule has 7 N–H and O–H groups in total. The van der Waals surface area contributed by atoms with Gasteiger partial charge in [0.1, 0.15) is 54.1 Å². The lowest BCUT2D eigenvalue weighted by atomic mass is 9.95. The Morgan fingerprint density at radius 1 is 0.921 bits per heavy atom. The number of carbonyl (C=O) groups excluding carboxylic acids is 8. The first kappa shape index (κ1) is 52.0. The molecule has 2 heterocycles. The van der Waals surface area contributed by atoms with Gasteiger partial charge in [-0.15, -0.1) is 0 Å². The van der Waals surface area contributed by atoms with E-state index in [1.807, 2.05) is 27.7 Å². The molecular weight excluding hydrogens is 817 g/mol. The lowest BCUT2D eigenvalue weighted by Gasteiger charge is -2.41. The summed E-state index contributed by atoms with van der Waals surface area (Å²) in [6, 6.07) is -2.42. The summed E-state index contributed by atoms with van der Waals surface area (Å²) in [7, 11) is 2.89. The number of ether oxygens (including phenoxy) is 2. The highest BCUT2D eigenvalue weighted by atomic mass is 16.5. The minimum absolute atomic E-state index is 0.0896. The molecule has 0 bridgehead atoms. The molecule has 2 saturated heterocycles. The van der Waals surface area contributed by atoms with E-state index in [1.54, 1.807) is 52.0 Å². The number of nitrogens with one attached hydrogen (secondary N) is 6. The van der Waals surface area contributed by atoms with Crippen LogP contribution in [0, 0.1) is 23.7 Å². The van der Waals surface area contributed by atoms with E-state index in [0.29, 0.717) is 30.6 Å². The Morgan fingerprint density at radius 2 is 1.56 bits per heavy atom. The Morgan fingerprint density at radius 3 is 2.11 bits per heavy atom. The van der Waals surface area contributed by atoms with Gasteiger partial charge in [-0.05, 0) is 54.7 Å². The molecule has 7 amide bonds. The Hall–Kier alpha value is -5.30. The quantitative estimate of drug-likeness (QED) is 0.0986. The number of hydrogen-bond acceptors (Lipinski definition) is 12. The number of hydrazine groups is 1. The largest absolute Gasteiger partial charge is 0.497 e. The van der Waals surface area contributed by atoms with Gasteiger partial charge in [0.25, 0.3) is 5.91 Å². The summed E-state index contributed by atoms with van der Waals surface area (Å²) in [5.74, 6) is -6.52. The molecule has 2 aliphatic rings. The van der Waals surface area contributed by atoms with Crippen LogP contribution in [0.5, 0.6) is 5.75 Å². The number of rotatable bonds is 14. The van der Waals surface area contributed by atoms with Gasteiger partial charge in [-0.25, -0.2) is 10.2 Å². The van der Waals surface area contributed by atoms with Crippen LogP contribution in [0.25, 0.3) is 0 Å². The molecule has 352 valence electrons. The van der Waals surface area contributed by atoms with E-state index in [4.69, 9.17) is 9.47 Å². The zero-order valence-corrected chi connectivity index (χ0v) is 38.6. The maximum absolute atomic E-state index is 14.6. The third-order valence-corrected chi connectivity index (χ3v) is 11.9. The van der Waals surface area contributed by atoms with Gasteiger partial charge in [-0.3, -0.25) is 38.6 Å². The number of carbonyl (C=O) groups is 8. The average Bonchev–Trinajstić information content (AvgIpc) is 3.24. The summed E-state index contributed by atoms with van der Waals surface area (Å²) < 4.78 is 11.2. The van der Waals surface area contributed by atoms with Crippen molar-refractivity contribution in [2.24, 2.45) is 23.7 Å². The van der Waals surface area contributed by atoms with Crippen molar-refractivity contribution in [3.63, 3.8) is 0 Å². The average molecular weight is 887 g/mol. The number of methoxy groups -OCH3 is 1. The van der Waals surface area contributed by atoms with Gasteiger partial charge in [0.15, 0.2) is 0 Å². The van der Waals surface area contributed by atoms with E-state index in [-0.39, 0.29) is 37.6 Å². The van der Waals surface area contributed by atoms with E-state index in [1.165, 1.54) is 26.0 Å². The highest BCUT2D eigenvalue weighted by Crippen LogP contribution is 2.22. The number of fused-ring (bicyclic) bond motifs is 1. The molecule has 11 atom stereocenters. The van der Waals surface area contributed by atoms with Gasteiger partial charge in [0.2, 0.25) is 35.9 Å². The van der Waals surface area contributed by atoms with Crippen molar-refractivity contribution < 1.29 is 52.9 Å². The van der Waals surface area contributed by atoms with Crippen LogP contribution >= 0.6 is 0 Å². The van der Waals surface area contributed by atoms with Crippen molar-refractivity contribution in [2.45, 2.75) is 149 Å². The molecule has 19 nitrogen and oxygen atoms in total. The molecule has 0 radical (unpaired) electrons. The summed E-state index contributed by atoms with van der Waals surface area (Å²) in [5, 5.41) is 25.3. The van der Waals surface area contributed by atoms with Crippen LogP contribution < -0.4 is 36.7 Å². The number of aliphatic hydroxyl groups is 1. The SMILES string of the molecule is CCC(C)C(NC=O)C(=O)NC1C(=O)NC(Cc2ccc(OC)cc2)C(=O)NC(C(C)CC)C(=O)N2NCC(O)CC2C(=O)NC(CC(C)C)C(=O)N(C)C(C(C)C)C(=O)O[C@H]1C. The number of cyclic esters (lactones) is 1. The number of aliphatic hydroxyl groups excluding tert-OH is 1. The number of hydrogen-bond donors (Lipinski definition) is 7. The summed E-state index contributed by atoms with van der Waals surface area (Å²) in [4.78, 5) is 113. The number of likely N-dealkylation sites (N-methyl/N-ethyl adjacent to an activating group) is 1. The van der Waals surface area contributed by atoms with E-state index < -0.39 is 108 Å². The van der Waals surface area contributed by atoms with Crippen LogP contribution in [0.1, 0.15) is 93.6 Å². The first-order valence-electron chi connectivity index (χ1n) is 21.9. The van der Waals surface area contributed by atoms with E-state index in [9.17, 15) is 43.5 Å². The number of nitrogens with zero attached hydrogens (tertiary/aromatic N) is 2. The summed E-state index contributed by atoms with van der Waals surface area (Å²) in [6.07, 6.45) is -1.37. The standard InChI is InChI=1S/C44H70N8O11/c1-12-25(7)34(45-22-53)40(57)50-36-27(9)63-44(61)37(24(5)6)51(10)42(59)32(18-23(3)4)48-39(56)33-20-29(54)21-46-52(33)43(60)35(26(8)13-2)49-38(55)31(47-41(36)58)19-28-14-16-30(62-11)17-15-28/h14-17,22-27,29,31-37,46,54H,12-13,18-21H2,1-11H3,(H,45,53)(H,47,58)(H,48,56)(H,49,55)(H,50,57)/t25?,26?,27-,29?,31?,32?,33?,34?,35?,36?,37?/m0/s1. The topological polar surface area (TPSA) is 254 Å². The van der Waals surface area contributed by atoms with Crippen LogP contribution in [-0.4, -0.2) is 138 Å². The molecule has 1 aromatic carbocycles. The molecule has 2 fully saturated rings. The second-order valence-corrected chi connectivity index (χ2v) is 17.6. The normalized spacial score (nSPS) is 27.3. The summed E-state index contributed by atoms with van der Waals surface area (Å²) in [5.41, 5.74) is 3.43. The predicted molar refractivity (Wildman–Crippen MR) is 232 cm³/mol. The Balaban J connectivity index is 2.28. The molecule has 10 unspecified atom stereocenters. The fourth-order valence-corrected chi connectivity index (χ4v) is 7.76. The van der Waals surface area contributed by atoms with E-state index in [2.05, 4.69) is 32.0 Å². The van der Waals surface area contributed by atoms with Crippen molar-refractivity contribution in [3.05, 3.63) is 29.8 Å². The minimum Gasteiger partial charge on any atom is -0.497 e. The Bertz CT molecular complexity index is 1760. The second kappa shape index (κ2) is 24.0. The third kappa shape index (κ3) is 13.8. The van der Waals surface area contributed by atoms with Gasteiger partial charge in [-0.2, -0.15) is 0 Å². The molecule has 0 spiro atoms. The maximum Gasteiger partial charge on any atom is 0.329 e. The van der Waals surface area contributed by atoms with Gasteiger partial charge in [0.05, 0.1) is 13.2 Å². The molecule has 0 aromatic heterocycles. The number of benzene rings is 1. The zero-order chi connectivity index (χ0) is 47.3. The fourth-order valence-electron chi connectivity index (χ4n) is 7.76. The van der Waals surface area contributed by atoms with Gasteiger partial charge >= 0.3 is 5.97 Å². The lowest BCUT2D eigenvalue weighted by Crippen LogP contribution is -2.67. The van der Waals surface area contributed by atoms with E-state index in [0.717, 1.165) is 5.01 Å². The first-order valence-corrected chi connectivity index (χ1v) is 21.9. The molecule has 0 aliphatic carbocycles. The first-order chi connectivity index (χ1) is 29.7. The molecule has 1 aromatic rings. The Kier molecular flexibility index (Phi) is 19.8. The van der Waals surface area contributed by atoms with Crippen LogP contribution in [0.3, 0.4) is 0 Å². The van der Waals surface area contributed by atoms with Gasteiger partial charge in [0, 0.05) is 26.4 Å². The van der Waals surface area contributed by atoms with Crippen LogP contribution in [0.4, 0.5) is 0 Å². The third-order valence-electron chi connectivity index (χ3n) is 11.9. The maximum atomic E-state index is 14.6. The number of esters is 1. The highest BCUT2D eigenvalue weighted by molar-refractivity contribution is 5.98. The highest BCUT2D eigenvalue weighted by Gasteiger charge is 2.44. The number of amides is 7. The monoisotopic (exact) mass is 887 g/mol. The van der Waals surface area contributed by atoms with Crippen molar-refractivity contribution in [3.8, 4) is 5.75 Å². The smallest absolute Gasteiger partial charge is 0.329 e. The van der Waals surface area contributed by atoms with Crippen LogP contribution in [0.2, 0.25) is 0 Å². The van der Waals surface area contributed by atoms with Gasteiger partial charge < -0.3 is 46.1 Å².